The highest BCUT2D eigenvalue weighted by molar-refractivity contribution is 5.31. The van der Waals surface area contributed by atoms with E-state index in [-0.39, 0.29) is 0 Å². The van der Waals surface area contributed by atoms with Gasteiger partial charge in [-0.3, -0.25) is 0 Å². The summed E-state index contributed by atoms with van der Waals surface area (Å²) < 4.78 is 5.71. The van der Waals surface area contributed by atoms with Crippen LogP contribution in [0, 0.1) is 6.92 Å². The minimum atomic E-state index is 0.610. The molecule has 0 aromatic heterocycles. The highest BCUT2D eigenvalue weighted by atomic mass is 16.5. The topological polar surface area (TPSA) is 21.3 Å². The number of para-hydroxylation sites is 1. The van der Waals surface area contributed by atoms with Crippen LogP contribution in [0.4, 0.5) is 0 Å². The van der Waals surface area contributed by atoms with Gasteiger partial charge in [-0.2, -0.15) is 0 Å². The van der Waals surface area contributed by atoms with Crippen LogP contribution in [0.1, 0.15) is 32.3 Å². The normalized spacial score (nSPS) is 12.4. The van der Waals surface area contributed by atoms with E-state index in [2.05, 4.69) is 32.2 Å². The number of hydrogen-bond donors (Lipinski definition) is 1. The third-order valence-electron chi connectivity index (χ3n) is 2.78. The third-order valence-corrected chi connectivity index (χ3v) is 2.78. The van der Waals surface area contributed by atoms with E-state index in [1.165, 1.54) is 12.0 Å². The molecule has 1 aromatic rings. The van der Waals surface area contributed by atoms with Crippen LogP contribution in [0.3, 0.4) is 0 Å². The van der Waals surface area contributed by atoms with Crippen LogP contribution >= 0.6 is 0 Å². The van der Waals surface area contributed by atoms with Crippen molar-refractivity contribution in [2.24, 2.45) is 0 Å². The Kier molecular flexibility index (Phi) is 5.94. The van der Waals surface area contributed by atoms with E-state index >= 15 is 0 Å². The van der Waals surface area contributed by atoms with Gasteiger partial charge in [-0.05, 0) is 44.9 Å². The van der Waals surface area contributed by atoms with E-state index in [1.807, 2.05) is 18.2 Å². The van der Waals surface area contributed by atoms with Crippen LogP contribution in [0.15, 0.2) is 24.3 Å². The summed E-state index contributed by atoms with van der Waals surface area (Å²) in [5.41, 5.74) is 1.21. The van der Waals surface area contributed by atoms with Gasteiger partial charge in [0, 0.05) is 6.04 Å². The minimum absolute atomic E-state index is 0.610. The van der Waals surface area contributed by atoms with Crippen LogP contribution in [-0.2, 0) is 0 Å². The monoisotopic (exact) mass is 221 g/mol. The molecule has 0 fully saturated rings. The number of nitrogens with one attached hydrogen (secondary N) is 1. The SMILES string of the molecule is CCC(C)NCCCOc1ccccc1C. The molecular weight excluding hydrogens is 198 g/mol. The zero-order valence-electron chi connectivity index (χ0n) is 10.6. The molecule has 0 aliphatic rings. The Morgan fingerprint density at radius 1 is 1.31 bits per heavy atom. The Bertz CT molecular complexity index is 299. The predicted molar refractivity (Wildman–Crippen MR) is 69.0 cm³/mol. The quantitative estimate of drug-likeness (QED) is 0.714. The summed E-state index contributed by atoms with van der Waals surface area (Å²) in [4.78, 5) is 0. The molecule has 0 spiro atoms. The average Bonchev–Trinajstić information content (AvgIpc) is 2.30. The standard InChI is InChI=1S/C14H23NO/c1-4-13(3)15-10-7-11-16-14-9-6-5-8-12(14)2/h5-6,8-9,13,15H,4,7,10-11H2,1-3H3. The molecule has 1 aromatic carbocycles. The third kappa shape index (κ3) is 4.67. The first-order valence-electron chi connectivity index (χ1n) is 6.16. The van der Waals surface area contributed by atoms with Crippen LogP contribution in [0.25, 0.3) is 0 Å². The predicted octanol–water partition coefficient (Wildman–Crippen LogP) is 3.15. The van der Waals surface area contributed by atoms with Crippen molar-refractivity contribution in [3.05, 3.63) is 29.8 Å². The maximum Gasteiger partial charge on any atom is 0.122 e. The Morgan fingerprint density at radius 2 is 2.06 bits per heavy atom. The number of rotatable bonds is 7. The van der Waals surface area contributed by atoms with Gasteiger partial charge in [-0.1, -0.05) is 25.1 Å². The van der Waals surface area contributed by atoms with Gasteiger partial charge in [0.2, 0.25) is 0 Å². The fourth-order valence-electron chi connectivity index (χ4n) is 1.47. The van der Waals surface area contributed by atoms with Crippen molar-refractivity contribution in [1.82, 2.24) is 5.32 Å². The summed E-state index contributed by atoms with van der Waals surface area (Å²) in [5, 5.41) is 3.45. The Hall–Kier alpha value is -1.02. The van der Waals surface area contributed by atoms with Gasteiger partial charge in [-0.15, -0.1) is 0 Å². The van der Waals surface area contributed by atoms with Crippen LogP contribution in [-0.4, -0.2) is 19.2 Å². The number of aryl methyl sites for hydroxylation is 1. The molecule has 1 unspecified atom stereocenters. The number of benzene rings is 1. The second-order valence-corrected chi connectivity index (χ2v) is 4.23. The zero-order valence-corrected chi connectivity index (χ0v) is 10.6. The molecule has 1 N–H and O–H groups in total. The highest BCUT2D eigenvalue weighted by Gasteiger charge is 1.98. The van der Waals surface area contributed by atoms with Crippen molar-refractivity contribution in [3.63, 3.8) is 0 Å². The minimum Gasteiger partial charge on any atom is -0.493 e. The second kappa shape index (κ2) is 7.29. The lowest BCUT2D eigenvalue weighted by atomic mass is 10.2. The average molecular weight is 221 g/mol. The van der Waals surface area contributed by atoms with E-state index < -0.39 is 0 Å². The van der Waals surface area contributed by atoms with Gasteiger partial charge < -0.3 is 10.1 Å². The maximum atomic E-state index is 5.71. The summed E-state index contributed by atoms with van der Waals surface area (Å²) in [5.74, 6) is 1.01. The van der Waals surface area contributed by atoms with Gasteiger partial charge >= 0.3 is 0 Å². The molecule has 90 valence electrons. The van der Waals surface area contributed by atoms with Crippen molar-refractivity contribution in [2.45, 2.75) is 39.7 Å². The van der Waals surface area contributed by atoms with Gasteiger partial charge in [0.1, 0.15) is 5.75 Å². The van der Waals surface area contributed by atoms with Crippen molar-refractivity contribution < 1.29 is 4.74 Å². The largest absolute Gasteiger partial charge is 0.493 e. The summed E-state index contributed by atoms with van der Waals surface area (Å²) in [6.07, 6.45) is 2.23. The second-order valence-electron chi connectivity index (χ2n) is 4.23. The van der Waals surface area contributed by atoms with E-state index in [0.29, 0.717) is 6.04 Å². The molecule has 0 radical (unpaired) electrons. The summed E-state index contributed by atoms with van der Waals surface area (Å²) >= 11 is 0. The fourth-order valence-corrected chi connectivity index (χ4v) is 1.47. The molecule has 0 aliphatic carbocycles. The Morgan fingerprint density at radius 3 is 2.75 bits per heavy atom. The first-order chi connectivity index (χ1) is 7.74. The van der Waals surface area contributed by atoms with Crippen LogP contribution in [0.5, 0.6) is 5.75 Å². The fraction of sp³-hybridized carbons (Fsp3) is 0.571. The van der Waals surface area contributed by atoms with Crippen LogP contribution < -0.4 is 10.1 Å². The maximum absolute atomic E-state index is 5.71. The molecule has 2 heteroatoms. The molecule has 0 bridgehead atoms. The molecule has 0 aliphatic heterocycles. The Labute approximate surface area is 99.0 Å². The molecule has 2 nitrogen and oxygen atoms in total. The smallest absolute Gasteiger partial charge is 0.122 e. The lowest BCUT2D eigenvalue weighted by molar-refractivity contribution is 0.303. The molecular formula is C14H23NO. The van der Waals surface area contributed by atoms with E-state index in [0.717, 1.165) is 25.3 Å². The van der Waals surface area contributed by atoms with E-state index in [1.54, 1.807) is 0 Å². The lowest BCUT2D eigenvalue weighted by Gasteiger charge is -2.12. The first kappa shape index (κ1) is 13.0. The van der Waals surface area contributed by atoms with Crippen molar-refractivity contribution >= 4 is 0 Å². The molecule has 0 saturated carbocycles. The summed E-state index contributed by atoms with van der Waals surface area (Å²) in [7, 11) is 0. The lowest BCUT2D eigenvalue weighted by Crippen LogP contribution is -2.27. The van der Waals surface area contributed by atoms with Crippen LogP contribution in [0.2, 0.25) is 0 Å². The first-order valence-corrected chi connectivity index (χ1v) is 6.16. The summed E-state index contributed by atoms with van der Waals surface area (Å²) in [6.45, 7) is 8.30. The molecule has 0 amide bonds. The van der Waals surface area contributed by atoms with Crippen molar-refractivity contribution in [2.75, 3.05) is 13.2 Å². The zero-order chi connectivity index (χ0) is 11.8. The van der Waals surface area contributed by atoms with Gasteiger partial charge in [0.25, 0.3) is 0 Å². The molecule has 1 rings (SSSR count). The van der Waals surface area contributed by atoms with Gasteiger partial charge in [0.15, 0.2) is 0 Å². The molecule has 1 atom stereocenters. The Balaban J connectivity index is 2.14. The number of hydrogen-bond acceptors (Lipinski definition) is 2. The molecule has 16 heavy (non-hydrogen) atoms. The highest BCUT2D eigenvalue weighted by Crippen LogP contribution is 2.15. The van der Waals surface area contributed by atoms with E-state index in [9.17, 15) is 0 Å². The van der Waals surface area contributed by atoms with Gasteiger partial charge in [-0.25, -0.2) is 0 Å². The van der Waals surface area contributed by atoms with Crippen molar-refractivity contribution in [1.29, 1.82) is 0 Å². The van der Waals surface area contributed by atoms with Gasteiger partial charge in [0.05, 0.1) is 6.61 Å². The van der Waals surface area contributed by atoms with Crippen molar-refractivity contribution in [3.8, 4) is 5.75 Å². The summed E-state index contributed by atoms with van der Waals surface area (Å²) in [6, 6.07) is 8.76. The van der Waals surface area contributed by atoms with E-state index in [4.69, 9.17) is 4.74 Å². The number of ether oxygens (including phenoxy) is 1. The molecule has 0 heterocycles. The molecule has 0 saturated heterocycles.